The lowest BCUT2D eigenvalue weighted by atomic mass is 9.94. The van der Waals surface area contributed by atoms with Crippen LogP contribution in [0.1, 0.15) is 92.4 Å². The Morgan fingerprint density at radius 2 is 1.78 bits per heavy atom. The van der Waals surface area contributed by atoms with Gasteiger partial charge in [-0.1, -0.05) is 44.4 Å². The second kappa shape index (κ2) is 15.4. The predicted molar refractivity (Wildman–Crippen MR) is 158 cm³/mol. The molecule has 2 atom stereocenters. The summed E-state index contributed by atoms with van der Waals surface area (Å²) in [5.74, 6) is 0.607. The number of carboxylic acid groups (broad SMARTS) is 1. The summed E-state index contributed by atoms with van der Waals surface area (Å²) in [6.07, 6.45) is 15.5. The van der Waals surface area contributed by atoms with Crippen LogP contribution in [0, 0.1) is 23.6 Å². The van der Waals surface area contributed by atoms with E-state index in [0.717, 1.165) is 30.2 Å². The van der Waals surface area contributed by atoms with Crippen molar-refractivity contribution in [2.24, 2.45) is 23.5 Å². The zero-order valence-corrected chi connectivity index (χ0v) is 24.3. The molecule has 3 aliphatic rings. The van der Waals surface area contributed by atoms with Gasteiger partial charge in [0.15, 0.2) is 0 Å². The molecule has 7 nitrogen and oxygen atoms in total. The van der Waals surface area contributed by atoms with E-state index in [4.69, 9.17) is 15.6 Å². The summed E-state index contributed by atoms with van der Waals surface area (Å²) in [4.78, 5) is 32.2. The summed E-state index contributed by atoms with van der Waals surface area (Å²) >= 11 is 0. The van der Waals surface area contributed by atoms with Crippen LogP contribution < -0.4 is 15.8 Å². The molecule has 3 fully saturated rings. The van der Waals surface area contributed by atoms with Gasteiger partial charge in [0.1, 0.15) is 11.6 Å². The fourth-order valence-corrected chi connectivity index (χ4v) is 5.60. The molecule has 0 aromatic heterocycles. The zero-order chi connectivity index (χ0) is 29.9. The minimum absolute atomic E-state index is 0.0529. The first-order valence-corrected chi connectivity index (χ1v) is 14.6. The van der Waals surface area contributed by atoms with E-state index in [0.29, 0.717) is 11.6 Å². The highest BCUT2D eigenvalue weighted by atomic mass is 19.1. The molecular formula is C33H43FN2O5. The van der Waals surface area contributed by atoms with Crippen molar-refractivity contribution < 1.29 is 28.6 Å². The van der Waals surface area contributed by atoms with Gasteiger partial charge in [0.25, 0.3) is 5.91 Å². The lowest BCUT2D eigenvalue weighted by Crippen LogP contribution is -2.23. The van der Waals surface area contributed by atoms with E-state index in [9.17, 15) is 18.8 Å². The highest BCUT2D eigenvalue weighted by Gasteiger charge is 2.29. The highest BCUT2D eigenvalue weighted by Crippen LogP contribution is 2.42. The van der Waals surface area contributed by atoms with E-state index in [1.54, 1.807) is 5.57 Å². The van der Waals surface area contributed by atoms with Crippen molar-refractivity contribution >= 4 is 18.3 Å². The quantitative estimate of drug-likeness (QED) is 0.241. The number of carboxylic acids is 1. The average Bonchev–Trinajstić information content (AvgIpc) is 3.51. The number of nitrogens with two attached hydrogens (primary N) is 1. The minimum atomic E-state index is -1.17. The molecular weight excluding hydrogens is 523 g/mol. The van der Waals surface area contributed by atoms with Crippen molar-refractivity contribution in [2.75, 3.05) is 7.11 Å². The van der Waals surface area contributed by atoms with Crippen LogP contribution in [0.3, 0.4) is 0 Å². The van der Waals surface area contributed by atoms with Gasteiger partial charge in [-0.25, -0.2) is 9.18 Å². The van der Waals surface area contributed by atoms with Gasteiger partial charge >= 0.3 is 5.97 Å². The SMILES string of the molecule is CCC1CCC(C)/C1=C/C1CC1.COc1ccc(-c2cc(C(=O)O)ccc2F)cc1C(N)=O.O=CNC1CCCC1. The van der Waals surface area contributed by atoms with E-state index in [1.165, 1.54) is 95.2 Å². The van der Waals surface area contributed by atoms with Gasteiger partial charge in [0, 0.05) is 11.6 Å². The van der Waals surface area contributed by atoms with Crippen LogP contribution in [-0.4, -0.2) is 36.5 Å². The Morgan fingerprint density at radius 1 is 1.07 bits per heavy atom. The molecule has 4 N–H and O–H groups in total. The summed E-state index contributed by atoms with van der Waals surface area (Å²) in [6.45, 7) is 4.74. The van der Waals surface area contributed by atoms with Crippen molar-refractivity contribution in [1.29, 1.82) is 0 Å². The molecule has 0 saturated heterocycles. The van der Waals surface area contributed by atoms with Crippen LogP contribution in [0.15, 0.2) is 48.0 Å². The summed E-state index contributed by atoms with van der Waals surface area (Å²) in [5.41, 5.74) is 7.50. The van der Waals surface area contributed by atoms with Gasteiger partial charge in [0.05, 0.1) is 18.2 Å². The van der Waals surface area contributed by atoms with Crippen molar-refractivity contribution in [2.45, 2.75) is 77.7 Å². The largest absolute Gasteiger partial charge is 0.496 e. The van der Waals surface area contributed by atoms with E-state index in [1.807, 2.05) is 0 Å². The Balaban J connectivity index is 0.000000193. The molecule has 8 heteroatoms. The molecule has 2 amide bonds. The number of ether oxygens (including phenoxy) is 1. The number of aromatic carboxylic acids is 1. The topological polar surface area (TPSA) is 119 Å². The van der Waals surface area contributed by atoms with Crippen LogP contribution in [0.4, 0.5) is 4.39 Å². The highest BCUT2D eigenvalue weighted by molar-refractivity contribution is 5.97. The van der Waals surface area contributed by atoms with Gasteiger partial charge in [0.2, 0.25) is 6.41 Å². The number of carbonyl (C=O) groups is 3. The summed E-state index contributed by atoms with van der Waals surface area (Å²) in [7, 11) is 1.38. The Labute approximate surface area is 242 Å². The Bertz CT molecular complexity index is 1230. The lowest BCUT2D eigenvalue weighted by molar-refractivity contribution is -0.110. The molecule has 0 aliphatic heterocycles. The van der Waals surface area contributed by atoms with E-state index >= 15 is 0 Å². The van der Waals surface area contributed by atoms with Crippen LogP contribution in [0.5, 0.6) is 5.75 Å². The lowest BCUT2D eigenvalue weighted by Gasteiger charge is -2.11. The number of hydrogen-bond acceptors (Lipinski definition) is 4. The molecule has 3 saturated carbocycles. The molecule has 2 aromatic rings. The second-order valence-corrected chi connectivity index (χ2v) is 11.1. The van der Waals surface area contributed by atoms with E-state index in [-0.39, 0.29) is 22.4 Å². The number of carbonyl (C=O) groups excluding carboxylic acids is 2. The first kappa shape index (κ1) is 31.8. The zero-order valence-electron chi connectivity index (χ0n) is 24.3. The Morgan fingerprint density at radius 3 is 2.34 bits per heavy atom. The molecule has 0 radical (unpaired) electrons. The molecule has 3 aliphatic carbocycles. The van der Waals surface area contributed by atoms with Crippen molar-refractivity contribution in [3.8, 4) is 16.9 Å². The van der Waals surface area contributed by atoms with Crippen LogP contribution >= 0.6 is 0 Å². The van der Waals surface area contributed by atoms with E-state index < -0.39 is 17.7 Å². The van der Waals surface area contributed by atoms with E-state index in [2.05, 4.69) is 25.2 Å². The molecule has 2 unspecified atom stereocenters. The van der Waals surface area contributed by atoms with Crippen LogP contribution in [0.2, 0.25) is 0 Å². The molecule has 0 bridgehead atoms. The second-order valence-electron chi connectivity index (χ2n) is 11.1. The number of methoxy groups -OCH3 is 1. The number of halogens is 1. The number of allylic oxidation sites excluding steroid dienone is 2. The summed E-state index contributed by atoms with van der Waals surface area (Å²) in [6, 6.07) is 8.28. The molecule has 0 spiro atoms. The third-order valence-corrected chi connectivity index (χ3v) is 8.18. The fraction of sp³-hybridized carbons (Fsp3) is 0.485. The summed E-state index contributed by atoms with van der Waals surface area (Å²) in [5, 5.41) is 11.7. The molecule has 41 heavy (non-hydrogen) atoms. The summed E-state index contributed by atoms with van der Waals surface area (Å²) < 4.78 is 18.9. The number of benzene rings is 2. The molecule has 2 aromatic carbocycles. The van der Waals surface area contributed by atoms with Gasteiger partial charge in [-0.2, -0.15) is 0 Å². The first-order chi connectivity index (χ1) is 19.7. The standard InChI is InChI=1S/C15H12FNO4.C12H20.C6H11NO/c1-21-13-5-3-8(6-11(13)14(17)18)10-7-9(15(19)20)2-4-12(10)16;1-3-11-7-4-9(2)12(11)8-10-5-6-10;8-5-7-6-3-1-2-4-6/h2-7H,1H3,(H2,17,18)(H,19,20);8-11H,3-7H2,1-2H3;5-6H,1-4H2,(H,7,8)/b;12-8-;. The maximum Gasteiger partial charge on any atom is 0.335 e. The smallest absolute Gasteiger partial charge is 0.335 e. The maximum absolute atomic E-state index is 13.9. The number of primary amides is 1. The normalized spacial score (nSPS) is 20.8. The first-order valence-electron chi connectivity index (χ1n) is 14.6. The maximum atomic E-state index is 13.9. The third-order valence-electron chi connectivity index (χ3n) is 8.18. The predicted octanol–water partition coefficient (Wildman–Crippen LogP) is 6.75. The minimum Gasteiger partial charge on any atom is -0.496 e. The average molecular weight is 567 g/mol. The monoisotopic (exact) mass is 566 g/mol. The third kappa shape index (κ3) is 9.17. The molecule has 5 rings (SSSR count). The van der Waals surface area contributed by atoms with Crippen molar-refractivity contribution in [1.82, 2.24) is 5.32 Å². The van der Waals surface area contributed by atoms with Gasteiger partial charge < -0.3 is 20.9 Å². The van der Waals surface area contributed by atoms with Gasteiger partial charge in [-0.15, -0.1) is 0 Å². The van der Waals surface area contributed by atoms with Crippen LogP contribution in [0.25, 0.3) is 11.1 Å². The number of hydrogen-bond donors (Lipinski definition) is 3. The van der Waals surface area contributed by atoms with Gasteiger partial charge in [-0.3, -0.25) is 9.59 Å². The van der Waals surface area contributed by atoms with Crippen LogP contribution in [-0.2, 0) is 4.79 Å². The Hall–Kier alpha value is -3.68. The number of amides is 2. The van der Waals surface area contributed by atoms with Gasteiger partial charge in [-0.05, 0) is 98.6 Å². The fourth-order valence-electron chi connectivity index (χ4n) is 5.60. The van der Waals surface area contributed by atoms with Crippen molar-refractivity contribution in [3.63, 3.8) is 0 Å². The molecule has 222 valence electrons. The van der Waals surface area contributed by atoms with Crippen molar-refractivity contribution in [3.05, 3.63) is 65.0 Å². The molecule has 0 heterocycles. The Kier molecular flexibility index (Phi) is 11.9. The number of nitrogens with one attached hydrogen (secondary N) is 1. The number of rotatable bonds is 8.